The number of methoxy groups -OCH3 is 1. The minimum atomic E-state index is -4.25. The second-order valence-electron chi connectivity index (χ2n) is 9.58. The van der Waals surface area contributed by atoms with Crippen LogP contribution in [-0.4, -0.2) is 63.3 Å². The fraction of sp³-hybridized carbons (Fsp3) is 0.286. The van der Waals surface area contributed by atoms with Gasteiger partial charge in [0.05, 0.1) is 20.0 Å². The van der Waals surface area contributed by atoms with Crippen LogP contribution in [0, 0.1) is 0 Å². The van der Waals surface area contributed by atoms with Gasteiger partial charge in [0.1, 0.15) is 0 Å². The molecule has 2 N–H and O–H groups in total. The van der Waals surface area contributed by atoms with Gasteiger partial charge in [0.2, 0.25) is 15.8 Å². The smallest absolute Gasteiger partial charge is 0.280 e. The summed E-state index contributed by atoms with van der Waals surface area (Å²) in [4.78, 5) is 17.2. The molecule has 0 aliphatic carbocycles. The molecule has 0 saturated carbocycles. The van der Waals surface area contributed by atoms with Gasteiger partial charge in [-0.25, -0.2) is 23.1 Å². The van der Waals surface area contributed by atoms with E-state index < -0.39 is 20.0 Å². The average Bonchev–Trinajstić information content (AvgIpc) is 2.98. The summed E-state index contributed by atoms with van der Waals surface area (Å²) in [6.07, 6.45) is 5.93. The number of anilines is 1. The van der Waals surface area contributed by atoms with Crippen LogP contribution in [0.5, 0.6) is 23.1 Å². The molecule has 3 aromatic heterocycles. The summed E-state index contributed by atoms with van der Waals surface area (Å²) in [5.41, 5.74) is 1.41. The number of pyridine rings is 2. The van der Waals surface area contributed by atoms with Gasteiger partial charge >= 0.3 is 0 Å². The second kappa shape index (κ2) is 13.8. The van der Waals surface area contributed by atoms with Crippen LogP contribution in [0.25, 0.3) is 11.4 Å². The number of nitrogens with one attached hydrogen (secondary N) is 2. The third-order valence-electron chi connectivity index (χ3n) is 5.91. The molecule has 4 aromatic rings. The lowest BCUT2D eigenvalue weighted by Gasteiger charge is -2.18. The van der Waals surface area contributed by atoms with Crippen LogP contribution in [0.1, 0.15) is 31.7 Å². The highest BCUT2D eigenvalue weighted by Gasteiger charge is 2.26. The number of nitrogens with zero attached hydrogens (tertiary/aromatic N) is 4. The Morgan fingerprint density at radius 3 is 2.28 bits per heavy atom. The largest absolute Gasteiger partial charge is 0.493 e. The van der Waals surface area contributed by atoms with Crippen LogP contribution in [0.2, 0.25) is 0 Å². The number of sulfonamides is 2. The van der Waals surface area contributed by atoms with Gasteiger partial charge in [0.25, 0.3) is 15.9 Å². The Bertz CT molecular complexity index is 1750. The first-order chi connectivity index (χ1) is 20.5. The summed E-state index contributed by atoms with van der Waals surface area (Å²) in [5.74, 6) is 0.452. The van der Waals surface area contributed by atoms with Gasteiger partial charge in [-0.05, 0) is 48.2 Å². The molecule has 0 fully saturated rings. The van der Waals surface area contributed by atoms with Crippen LogP contribution in [0.4, 0.5) is 5.82 Å². The third-order valence-corrected chi connectivity index (χ3v) is 7.89. The van der Waals surface area contributed by atoms with E-state index in [0.29, 0.717) is 11.3 Å². The molecule has 0 saturated heterocycles. The van der Waals surface area contributed by atoms with Crippen LogP contribution in [0.3, 0.4) is 0 Å². The molecular formula is C28H32N6O7S2. The van der Waals surface area contributed by atoms with Gasteiger partial charge in [-0.1, -0.05) is 32.0 Å². The Kier molecular flexibility index (Phi) is 10.1. The van der Waals surface area contributed by atoms with Gasteiger partial charge in [-0.3, -0.25) is 9.71 Å². The Labute approximate surface area is 250 Å². The number of ether oxygens (including phenoxy) is 3. The molecule has 43 heavy (non-hydrogen) atoms. The highest BCUT2D eigenvalue weighted by molar-refractivity contribution is 7.92. The molecule has 13 nitrogen and oxygen atoms in total. The Morgan fingerprint density at radius 1 is 0.930 bits per heavy atom. The molecule has 4 rings (SSSR count). The summed E-state index contributed by atoms with van der Waals surface area (Å²) in [7, 11) is -6.18. The Balaban J connectivity index is 1.80. The van der Waals surface area contributed by atoms with E-state index in [1.807, 2.05) is 13.8 Å². The molecule has 0 radical (unpaired) electrons. The van der Waals surface area contributed by atoms with Crippen molar-refractivity contribution in [2.75, 3.05) is 31.2 Å². The summed E-state index contributed by atoms with van der Waals surface area (Å²) in [5, 5.41) is -0.224. The number of para-hydroxylation sites is 2. The van der Waals surface area contributed by atoms with Gasteiger partial charge in [0.15, 0.2) is 28.2 Å². The van der Waals surface area contributed by atoms with Crippen molar-refractivity contribution in [2.45, 2.75) is 31.2 Å². The minimum Gasteiger partial charge on any atom is -0.493 e. The first-order valence-electron chi connectivity index (χ1n) is 13.2. The van der Waals surface area contributed by atoms with Gasteiger partial charge in [-0.15, -0.1) is 0 Å². The van der Waals surface area contributed by atoms with E-state index in [2.05, 4.69) is 29.4 Å². The summed E-state index contributed by atoms with van der Waals surface area (Å²) < 4.78 is 72.3. The van der Waals surface area contributed by atoms with Gasteiger partial charge in [0, 0.05) is 30.7 Å². The monoisotopic (exact) mass is 628 g/mol. The maximum absolute atomic E-state index is 13.5. The maximum atomic E-state index is 13.5. The van der Waals surface area contributed by atoms with E-state index in [4.69, 9.17) is 14.2 Å². The normalized spacial score (nSPS) is 11.7. The molecular weight excluding hydrogens is 596 g/mol. The van der Waals surface area contributed by atoms with Crippen molar-refractivity contribution in [3.63, 3.8) is 0 Å². The number of hydrogen-bond donors (Lipinski definition) is 2. The number of aromatic nitrogens is 4. The summed E-state index contributed by atoms with van der Waals surface area (Å²) >= 11 is 0. The molecule has 0 spiro atoms. The molecule has 3 heterocycles. The van der Waals surface area contributed by atoms with E-state index in [1.165, 1.54) is 19.4 Å². The molecule has 0 aliphatic heterocycles. The predicted molar refractivity (Wildman–Crippen MR) is 160 cm³/mol. The molecule has 1 aromatic carbocycles. The van der Waals surface area contributed by atoms with Crippen LogP contribution >= 0.6 is 0 Å². The number of benzene rings is 1. The standard InChI is InChI=1S/C28H32N6O7S2/c1-19(2)21-10-11-24(30-18-21)43(37,38)34-27-25(41-23-9-6-5-8-22(23)39-3)28(40-17-7-14-31-42(4,35)36)33-26(32-27)20-12-15-29-16-13-20/h5-6,8-13,15-16,18-19,31H,7,14,17H2,1-4H3,(H,32,33,34). The van der Waals surface area contributed by atoms with Crippen molar-refractivity contribution in [2.24, 2.45) is 0 Å². The van der Waals surface area contributed by atoms with Crippen molar-refractivity contribution < 1.29 is 31.0 Å². The zero-order chi connectivity index (χ0) is 31.0. The second-order valence-corrected chi connectivity index (χ2v) is 13.0. The first kappa shape index (κ1) is 31.6. The molecule has 228 valence electrons. The minimum absolute atomic E-state index is 0.0159. The topological polar surface area (TPSA) is 172 Å². The van der Waals surface area contributed by atoms with Gasteiger partial charge in [-0.2, -0.15) is 13.4 Å². The third kappa shape index (κ3) is 8.59. The molecule has 0 atom stereocenters. The maximum Gasteiger partial charge on any atom is 0.280 e. The lowest BCUT2D eigenvalue weighted by atomic mass is 10.1. The fourth-order valence-electron chi connectivity index (χ4n) is 3.70. The molecule has 0 aliphatic rings. The van der Waals surface area contributed by atoms with Crippen molar-refractivity contribution >= 4 is 25.9 Å². The van der Waals surface area contributed by atoms with E-state index >= 15 is 0 Å². The van der Waals surface area contributed by atoms with Crippen molar-refractivity contribution in [1.29, 1.82) is 0 Å². The average molecular weight is 629 g/mol. The van der Waals surface area contributed by atoms with E-state index in [-0.39, 0.29) is 59.5 Å². The SMILES string of the molecule is COc1ccccc1Oc1c(NS(=O)(=O)c2ccc(C(C)C)cn2)nc(-c2ccncc2)nc1OCCCNS(C)(=O)=O. The first-order valence-corrected chi connectivity index (χ1v) is 16.5. The predicted octanol–water partition coefficient (Wildman–Crippen LogP) is 3.98. The van der Waals surface area contributed by atoms with Crippen LogP contribution in [-0.2, 0) is 20.0 Å². The van der Waals surface area contributed by atoms with Crippen molar-refractivity contribution in [1.82, 2.24) is 24.7 Å². The van der Waals surface area contributed by atoms with E-state index in [1.54, 1.807) is 54.9 Å². The quantitative estimate of drug-likeness (QED) is 0.194. The summed E-state index contributed by atoms with van der Waals surface area (Å²) in [6.45, 7) is 4.08. The van der Waals surface area contributed by atoms with E-state index in [0.717, 1.165) is 11.8 Å². The molecule has 0 bridgehead atoms. The van der Waals surface area contributed by atoms with E-state index in [9.17, 15) is 16.8 Å². The fourth-order valence-corrected chi connectivity index (χ4v) is 5.15. The van der Waals surface area contributed by atoms with Gasteiger partial charge < -0.3 is 14.2 Å². The Hall–Kier alpha value is -4.34. The zero-order valence-electron chi connectivity index (χ0n) is 24.0. The molecule has 0 amide bonds. The molecule has 15 heteroatoms. The highest BCUT2D eigenvalue weighted by Crippen LogP contribution is 2.41. The summed E-state index contributed by atoms with van der Waals surface area (Å²) in [6, 6.07) is 13.2. The lowest BCUT2D eigenvalue weighted by molar-refractivity contribution is 0.283. The number of hydrogen-bond acceptors (Lipinski definition) is 11. The van der Waals surface area contributed by atoms with Crippen LogP contribution in [0.15, 0.2) is 72.1 Å². The van der Waals surface area contributed by atoms with Crippen molar-refractivity contribution in [3.05, 3.63) is 72.7 Å². The zero-order valence-corrected chi connectivity index (χ0v) is 25.6. The van der Waals surface area contributed by atoms with Crippen molar-refractivity contribution in [3.8, 4) is 34.5 Å². The number of rotatable bonds is 14. The lowest BCUT2D eigenvalue weighted by Crippen LogP contribution is -2.24. The van der Waals surface area contributed by atoms with Crippen LogP contribution < -0.4 is 23.7 Å². The Morgan fingerprint density at radius 2 is 1.65 bits per heavy atom. The molecule has 0 unspecified atom stereocenters. The highest BCUT2D eigenvalue weighted by atomic mass is 32.2.